The van der Waals surface area contributed by atoms with E-state index in [-0.39, 0.29) is 0 Å². The Balaban J connectivity index is 2.33. The van der Waals surface area contributed by atoms with Crippen LogP contribution in [0.25, 0.3) is 11.1 Å². The second-order valence-electron chi connectivity index (χ2n) is 6.35. The van der Waals surface area contributed by atoms with Crippen LogP contribution in [0.15, 0.2) is 42.5 Å². The summed E-state index contributed by atoms with van der Waals surface area (Å²) in [5.41, 5.74) is 4.96. The second kappa shape index (κ2) is 5.68. The summed E-state index contributed by atoms with van der Waals surface area (Å²) >= 11 is 0. The predicted molar refractivity (Wildman–Crippen MR) is 84.9 cm³/mol. The SMILES string of the molecule is COc1ccc(C)cc1-c1ccc(C[N+](C)(C)C)cc1. The highest BCUT2D eigenvalue weighted by Gasteiger charge is 2.10. The summed E-state index contributed by atoms with van der Waals surface area (Å²) in [6, 6.07) is 15.1. The van der Waals surface area contributed by atoms with E-state index >= 15 is 0 Å². The van der Waals surface area contributed by atoms with Crippen LogP contribution in [0, 0.1) is 6.92 Å². The molecule has 0 saturated carbocycles. The van der Waals surface area contributed by atoms with E-state index in [2.05, 4.69) is 64.5 Å². The topological polar surface area (TPSA) is 9.23 Å². The van der Waals surface area contributed by atoms with Crippen molar-refractivity contribution in [2.45, 2.75) is 13.5 Å². The molecule has 2 rings (SSSR count). The van der Waals surface area contributed by atoms with Crippen molar-refractivity contribution in [3.05, 3.63) is 53.6 Å². The van der Waals surface area contributed by atoms with Crippen molar-refractivity contribution >= 4 is 0 Å². The Kier molecular flexibility index (Phi) is 4.15. The van der Waals surface area contributed by atoms with Gasteiger partial charge in [-0.05, 0) is 24.6 Å². The van der Waals surface area contributed by atoms with E-state index < -0.39 is 0 Å². The Bertz CT molecular complexity index is 579. The third kappa shape index (κ3) is 3.61. The molecule has 106 valence electrons. The number of quaternary nitrogens is 1. The first-order valence-electron chi connectivity index (χ1n) is 6.93. The number of aryl methyl sites for hydroxylation is 1. The number of hydrogen-bond acceptors (Lipinski definition) is 1. The van der Waals surface area contributed by atoms with Gasteiger partial charge >= 0.3 is 0 Å². The number of hydrogen-bond donors (Lipinski definition) is 0. The molecule has 20 heavy (non-hydrogen) atoms. The lowest BCUT2D eigenvalue weighted by Gasteiger charge is -2.24. The van der Waals surface area contributed by atoms with Gasteiger partial charge < -0.3 is 9.22 Å². The molecular weight excluding hydrogens is 246 g/mol. The van der Waals surface area contributed by atoms with E-state index in [0.29, 0.717) is 0 Å². The maximum atomic E-state index is 5.46. The highest BCUT2D eigenvalue weighted by Crippen LogP contribution is 2.31. The van der Waals surface area contributed by atoms with Gasteiger partial charge in [0.15, 0.2) is 0 Å². The van der Waals surface area contributed by atoms with Crippen LogP contribution in [0.1, 0.15) is 11.1 Å². The van der Waals surface area contributed by atoms with E-state index in [4.69, 9.17) is 4.74 Å². The smallest absolute Gasteiger partial charge is 0.126 e. The van der Waals surface area contributed by atoms with Crippen molar-refractivity contribution in [2.75, 3.05) is 28.3 Å². The van der Waals surface area contributed by atoms with Crippen LogP contribution in [0.3, 0.4) is 0 Å². The average molecular weight is 270 g/mol. The molecule has 0 aromatic heterocycles. The minimum absolute atomic E-state index is 0.926. The zero-order chi connectivity index (χ0) is 14.8. The van der Waals surface area contributed by atoms with E-state index in [9.17, 15) is 0 Å². The zero-order valence-corrected chi connectivity index (χ0v) is 13.1. The van der Waals surface area contributed by atoms with Gasteiger partial charge in [0.25, 0.3) is 0 Å². The van der Waals surface area contributed by atoms with E-state index in [1.54, 1.807) is 7.11 Å². The molecule has 0 atom stereocenters. The van der Waals surface area contributed by atoms with E-state index in [1.807, 2.05) is 6.07 Å². The number of methoxy groups -OCH3 is 1. The molecule has 0 aliphatic heterocycles. The first-order chi connectivity index (χ1) is 9.39. The van der Waals surface area contributed by atoms with Crippen molar-refractivity contribution in [3.63, 3.8) is 0 Å². The van der Waals surface area contributed by atoms with Crippen LogP contribution < -0.4 is 4.74 Å². The third-order valence-electron chi connectivity index (χ3n) is 3.28. The number of ether oxygens (including phenoxy) is 1. The summed E-state index contributed by atoms with van der Waals surface area (Å²) in [5, 5.41) is 0. The monoisotopic (exact) mass is 270 g/mol. The van der Waals surface area contributed by atoms with Crippen LogP contribution in [0.4, 0.5) is 0 Å². The summed E-state index contributed by atoms with van der Waals surface area (Å²) in [7, 11) is 8.34. The molecule has 0 bridgehead atoms. The van der Waals surface area contributed by atoms with Crippen molar-refractivity contribution in [1.82, 2.24) is 0 Å². The Morgan fingerprint density at radius 2 is 1.60 bits per heavy atom. The van der Waals surface area contributed by atoms with Gasteiger partial charge in [0.05, 0.1) is 28.3 Å². The van der Waals surface area contributed by atoms with Gasteiger partial charge in [-0.15, -0.1) is 0 Å². The van der Waals surface area contributed by atoms with Crippen molar-refractivity contribution < 1.29 is 9.22 Å². The lowest BCUT2D eigenvalue weighted by molar-refractivity contribution is -0.884. The molecule has 0 unspecified atom stereocenters. The molecule has 0 aliphatic carbocycles. The number of rotatable bonds is 4. The van der Waals surface area contributed by atoms with Crippen molar-refractivity contribution in [3.8, 4) is 16.9 Å². The first-order valence-corrected chi connectivity index (χ1v) is 6.93. The zero-order valence-electron chi connectivity index (χ0n) is 13.1. The standard InChI is InChI=1S/C18H24NO/c1-14-6-11-18(20-5)17(12-14)16-9-7-15(8-10-16)13-19(2,3)4/h6-12H,13H2,1-5H3/q+1. The van der Waals surface area contributed by atoms with Crippen molar-refractivity contribution in [2.24, 2.45) is 0 Å². The molecule has 2 nitrogen and oxygen atoms in total. The Morgan fingerprint density at radius 1 is 0.950 bits per heavy atom. The molecule has 0 amide bonds. The molecule has 0 N–H and O–H groups in total. The van der Waals surface area contributed by atoms with Crippen LogP contribution in [-0.2, 0) is 6.54 Å². The molecule has 0 radical (unpaired) electrons. The molecule has 2 aromatic carbocycles. The van der Waals surface area contributed by atoms with Crippen LogP contribution in [0.5, 0.6) is 5.75 Å². The molecule has 2 heteroatoms. The van der Waals surface area contributed by atoms with Crippen LogP contribution >= 0.6 is 0 Å². The molecule has 0 aliphatic rings. The lowest BCUT2D eigenvalue weighted by atomic mass is 10.0. The third-order valence-corrected chi connectivity index (χ3v) is 3.28. The van der Waals surface area contributed by atoms with Crippen LogP contribution in [0.2, 0.25) is 0 Å². The Morgan fingerprint density at radius 3 is 2.15 bits per heavy atom. The fourth-order valence-electron chi connectivity index (χ4n) is 2.38. The highest BCUT2D eigenvalue weighted by atomic mass is 16.5. The maximum Gasteiger partial charge on any atom is 0.126 e. The maximum absolute atomic E-state index is 5.46. The molecule has 2 aromatic rings. The number of nitrogens with zero attached hydrogens (tertiary/aromatic N) is 1. The summed E-state index contributed by atoms with van der Waals surface area (Å²) in [6.07, 6.45) is 0. The minimum atomic E-state index is 0.926. The molecule has 0 heterocycles. The first kappa shape index (κ1) is 14.6. The normalized spacial score (nSPS) is 11.4. The van der Waals surface area contributed by atoms with Gasteiger partial charge in [-0.1, -0.05) is 35.9 Å². The molecule has 0 saturated heterocycles. The Hall–Kier alpha value is -1.80. The van der Waals surface area contributed by atoms with Gasteiger partial charge in [0, 0.05) is 11.1 Å². The Labute approximate surface area is 122 Å². The summed E-state index contributed by atoms with van der Waals surface area (Å²) < 4.78 is 6.40. The largest absolute Gasteiger partial charge is 0.496 e. The lowest BCUT2D eigenvalue weighted by Crippen LogP contribution is -2.33. The molecule has 0 spiro atoms. The van der Waals surface area contributed by atoms with E-state index in [1.165, 1.54) is 16.7 Å². The van der Waals surface area contributed by atoms with Gasteiger partial charge in [-0.3, -0.25) is 0 Å². The van der Waals surface area contributed by atoms with Gasteiger partial charge in [0.1, 0.15) is 12.3 Å². The molecule has 0 fully saturated rings. The highest BCUT2D eigenvalue weighted by molar-refractivity contribution is 5.71. The van der Waals surface area contributed by atoms with E-state index in [0.717, 1.165) is 22.3 Å². The summed E-state index contributed by atoms with van der Waals surface area (Å²) in [4.78, 5) is 0. The quantitative estimate of drug-likeness (QED) is 0.766. The minimum Gasteiger partial charge on any atom is -0.496 e. The predicted octanol–water partition coefficient (Wildman–Crippen LogP) is 3.88. The van der Waals surface area contributed by atoms with Gasteiger partial charge in [0.2, 0.25) is 0 Å². The van der Waals surface area contributed by atoms with Crippen LogP contribution in [-0.4, -0.2) is 32.7 Å². The fourth-order valence-corrected chi connectivity index (χ4v) is 2.38. The van der Waals surface area contributed by atoms with Crippen molar-refractivity contribution in [1.29, 1.82) is 0 Å². The molecular formula is C18H24NO+. The fraction of sp³-hybridized carbons (Fsp3) is 0.333. The summed E-state index contributed by atoms with van der Waals surface area (Å²) in [6.45, 7) is 3.14. The number of benzene rings is 2. The second-order valence-corrected chi connectivity index (χ2v) is 6.35. The summed E-state index contributed by atoms with van der Waals surface area (Å²) in [5.74, 6) is 0.926. The van der Waals surface area contributed by atoms with Gasteiger partial charge in [-0.2, -0.15) is 0 Å². The van der Waals surface area contributed by atoms with Gasteiger partial charge in [-0.25, -0.2) is 0 Å². The average Bonchev–Trinajstić information content (AvgIpc) is 2.38.